The Morgan fingerprint density at radius 3 is 2.82 bits per heavy atom. The lowest BCUT2D eigenvalue weighted by atomic mass is 10.1. The first-order valence-corrected chi connectivity index (χ1v) is 5.64. The van der Waals surface area contributed by atoms with Crippen molar-refractivity contribution in [3.05, 3.63) is 23.9 Å². The van der Waals surface area contributed by atoms with Crippen LogP contribution in [-0.4, -0.2) is 18.6 Å². The first-order valence-electron chi connectivity index (χ1n) is 5.64. The van der Waals surface area contributed by atoms with Crippen LogP contribution in [0.5, 0.6) is 5.75 Å². The lowest BCUT2D eigenvalue weighted by molar-refractivity contribution is 0.418. The van der Waals surface area contributed by atoms with Crippen LogP contribution in [0, 0.1) is 6.92 Å². The second kappa shape index (κ2) is 4.49. The Labute approximate surface area is 101 Å². The number of nitrogen functional groups attached to an aromatic ring is 1. The molecule has 4 heteroatoms. The Morgan fingerprint density at radius 1 is 1.41 bits per heavy atom. The van der Waals surface area contributed by atoms with Crippen LogP contribution in [-0.2, 0) is 0 Å². The van der Waals surface area contributed by atoms with E-state index in [2.05, 4.69) is 16.4 Å². The summed E-state index contributed by atoms with van der Waals surface area (Å²) >= 11 is 0. The standard InChI is InChI=1S/C13H17N3O/c1-4-15-12-9-5-8(2)6-11(17-3)13(9)16-7-10(12)14/h5-7H,4,14H2,1-3H3,(H,15,16). The van der Waals surface area contributed by atoms with Crippen LogP contribution in [0.3, 0.4) is 0 Å². The molecule has 0 aliphatic heterocycles. The maximum Gasteiger partial charge on any atom is 0.145 e. The van der Waals surface area contributed by atoms with Crippen molar-refractivity contribution in [2.24, 2.45) is 0 Å². The minimum Gasteiger partial charge on any atom is -0.494 e. The number of aromatic nitrogens is 1. The Kier molecular flexibility index (Phi) is 3.04. The van der Waals surface area contributed by atoms with Gasteiger partial charge in [-0.25, -0.2) is 0 Å². The molecule has 0 unspecified atom stereocenters. The quantitative estimate of drug-likeness (QED) is 0.852. The molecule has 0 saturated heterocycles. The van der Waals surface area contributed by atoms with Crippen LogP contribution < -0.4 is 15.8 Å². The largest absolute Gasteiger partial charge is 0.494 e. The van der Waals surface area contributed by atoms with E-state index in [9.17, 15) is 0 Å². The van der Waals surface area contributed by atoms with Crippen LogP contribution in [0.25, 0.3) is 10.9 Å². The Balaban J connectivity index is 2.79. The number of fused-ring (bicyclic) bond motifs is 1. The Hall–Kier alpha value is -1.97. The van der Waals surface area contributed by atoms with Crippen molar-refractivity contribution in [1.29, 1.82) is 0 Å². The molecule has 0 aliphatic rings. The molecular weight excluding hydrogens is 214 g/mol. The molecular formula is C13H17N3O. The van der Waals surface area contributed by atoms with Gasteiger partial charge >= 0.3 is 0 Å². The van der Waals surface area contributed by atoms with Crippen molar-refractivity contribution >= 4 is 22.3 Å². The van der Waals surface area contributed by atoms with Gasteiger partial charge in [0.05, 0.1) is 24.7 Å². The number of nitrogens with two attached hydrogens (primary N) is 1. The van der Waals surface area contributed by atoms with Gasteiger partial charge in [-0.15, -0.1) is 0 Å². The van der Waals surface area contributed by atoms with E-state index < -0.39 is 0 Å². The van der Waals surface area contributed by atoms with E-state index in [-0.39, 0.29) is 0 Å². The highest BCUT2D eigenvalue weighted by atomic mass is 16.5. The number of pyridine rings is 1. The maximum atomic E-state index is 5.95. The van der Waals surface area contributed by atoms with Crippen molar-refractivity contribution in [3.8, 4) is 5.75 Å². The number of benzene rings is 1. The average Bonchev–Trinajstić information content (AvgIpc) is 2.32. The van der Waals surface area contributed by atoms with E-state index >= 15 is 0 Å². The van der Waals surface area contributed by atoms with Crippen molar-refractivity contribution in [3.63, 3.8) is 0 Å². The third-order valence-corrected chi connectivity index (χ3v) is 2.68. The van der Waals surface area contributed by atoms with Gasteiger partial charge in [-0.3, -0.25) is 4.98 Å². The molecule has 0 amide bonds. The van der Waals surface area contributed by atoms with Crippen LogP contribution in [0.15, 0.2) is 18.3 Å². The van der Waals surface area contributed by atoms with E-state index in [1.165, 1.54) is 0 Å². The molecule has 1 heterocycles. The van der Waals surface area contributed by atoms with Gasteiger partial charge in [0.15, 0.2) is 0 Å². The summed E-state index contributed by atoms with van der Waals surface area (Å²) in [6, 6.07) is 4.04. The van der Waals surface area contributed by atoms with E-state index in [0.29, 0.717) is 5.69 Å². The molecule has 0 bridgehead atoms. The lowest BCUT2D eigenvalue weighted by Crippen LogP contribution is -2.03. The fraction of sp³-hybridized carbons (Fsp3) is 0.308. The SMILES string of the molecule is CCNc1c(N)cnc2c(OC)cc(C)cc12. The van der Waals surface area contributed by atoms with Gasteiger partial charge in [0, 0.05) is 11.9 Å². The number of ether oxygens (including phenoxy) is 1. The topological polar surface area (TPSA) is 60.2 Å². The monoisotopic (exact) mass is 231 g/mol. The van der Waals surface area contributed by atoms with E-state index in [1.54, 1.807) is 13.3 Å². The molecule has 4 nitrogen and oxygen atoms in total. The third-order valence-electron chi connectivity index (χ3n) is 2.68. The van der Waals surface area contributed by atoms with Crippen molar-refractivity contribution in [2.45, 2.75) is 13.8 Å². The average molecular weight is 231 g/mol. The van der Waals surface area contributed by atoms with Gasteiger partial charge in [-0.05, 0) is 31.5 Å². The van der Waals surface area contributed by atoms with Gasteiger partial charge in [-0.1, -0.05) is 0 Å². The number of nitrogens with zero attached hydrogens (tertiary/aromatic N) is 1. The summed E-state index contributed by atoms with van der Waals surface area (Å²) in [5.41, 5.74) is 9.50. The van der Waals surface area contributed by atoms with Gasteiger partial charge in [0.25, 0.3) is 0 Å². The first-order chi connectivity index (χ1) is 8.17. The van der Waals surface area contributed by atoms with E-state index in [1.807, 2.05) is 19.9 Å². The Bertz CT molecular complexity index is 552. The molecule has 2 aromatic rings. The van der Waals surface area contributed by atoms with E-state index in [0.717, 1.165) is 34.4 Å². The van der Waals surface area contributed by atoms with E-state index in [4.69, 9.17) is 10.5 Å². The molecule has 3 N–H and O–H groups in total. The summed E-state index contributed by atoms with van der Waals surface area (Å²) in [5.74, 6) is 0.777. The molecule has 0 radical (unpaired) electrons. The number of rotatable bonds is 3. The summed E-state index contributed by atoms with van der Waals surface area (Å²) in [5, 5.41) is 4.28. The Morgan fingerprint density at radius 2 is 2.18 bits per heavy atom. The number of hydrogen-bond acceptors (Lipinski definition) is 4. The normalized spacial score (nSPS) is 10.5. The molecule has 90 valence electrons. The smallest absolute Gasteiger partial charge is 0.145 e. The van der Waals surface area contributed by atoms with Gasteiger partial charge in [-0.2, -0.15) is 0 Å². The zero-order valence-electron chi connectivity index (χ0n) is 10.4. The van der Waals surface area contributed by atoms with Crippen molar-refractivity contribution in [1.82, 2.24) is 4.98 Å². The highest BCUT2D eigenvalue weighted by Gasteiger charge is 2.10. The van der Waals surface area contributed by atoms with Crippen LogP contribution >= 0.6 is 0 Å². The second-order valence-corrected chi connectivity index (χ2v) is 3.98. The van der Waals surface area contributed by atoms with Crippen molar-refractivity contribution < 1.29 is 4.74 Å². The summed E-state index contributed by atoms with van der Waals surface area (Å²) in [6.07, 6.45) is 1.66. The second-order valence-electron chi connectivity index (χ2n) is 3.98. The van der Waals surface area contributed by atoms with Crippen molar-refractivity contribution in [2.75, 3.05) is 24.7 Å². The number of nitrogens with one attached hydrogen (secondary N) is 1. The third kappa shape index (κ3) is 1.98. The number of methoxy groups -OCH3 is 1. The molecule has 0 atom stereocenters. The predicted octanol–water partition coefficient (Wildman–Crippen LogP) is 2.57. The zero-order chi connectivity index (χ0) is 12.4. The number of aryl methyl sites for hydroxylation is 1. The van der Waals surface area contributed by atoms with Crippen LogP contribution in [0.1, 0.15) is 12.5 Å². The van der Waals surface area contributed by atoms with Gasteiger partial charge in [0.2, 0.25) is 0 Å². The molecule has 0 spiro atoms. The predicted molar refractivity (Wildman–Crippen MR) is 71.6 cm³/mol. The van der Waals surface area contributed by atoms with Crippen LogP contribution in [0.4, 0.5) is 11.4 Å². The molecule has 17 heavy (non-hydrogen) atoms. The highest BCUT2D eigenvalue weighted by Crippen LogP contribution is 2.33. The minimum atomic E-state index is 0.659. The fourth-order valence-corrected chi connectivity index (χ4v) is 1.95. The molecule has 0 saturated carbocycles. The summed E-state index contributed by atoms with van der Waals surface area (Å²) in [6.45, 7) is 4.89. The summed E-state index contributed by atoms with van der Waals surface area (Å²) in [7, 11) is 1.65. The minimum absolute atomic E-state index is 0.659. The molecule has 0 fully saturated rings. The first kappa shape index (κ1) is 11.5. The fourth-order valence-electron chi connectivity index (χ4n) is 1.95. The van der Waals surface area contributed by atoms with Crippen LogP contribution in [0.2, 0.25) is 0 Å². The number of hydrogen-bond donors (Lipinski definition) is 2. The zero-order valence-corrected chi connectivity index (χ0v) is 10.4. The molecule has 0 aliphatic carbocycles. The summed E-state index contributed by atoms with van der Waals surface area (Å²) in [4.78, 5) is 4.35. The van der Waals surface area contributed by atoms with Gasteiger partial charge in [0.1, 0.15) is 11.3 Å². The van der Waals surface area contributed by atoms with Gasteiger partial charge < -0.3 is 15.8 Å². The lowest BCUT2D eigenvalue weighted by Gasteiger charge is -2.13. The highest BCUT2D eigenvalue weighted by molar-refractivity contribution is 6.00. The molecule has 1 aromatic carbocycles. The summed E-state index contributed by atoms with van der Waals surface area (Å²) < 4.78 is 5.35. The number of anilines is 2. The molecule has 1 aromatic heterocycles. The molecule has 2 rings (SSSR count). The maximum absolute atomic E-state index is 5.95.